The Balaban J connectivity index is 1.75. The van der Waals surface area contributed by atoms with E-state index in [4.69, 9.17) is 4.74 Å². The van der Waals surface area contributed by atoms with Crippen molar-refractivity contribution in [2.45, 2.75) is 19.8 Å². The van der Waals surface area contributed by atoms with Crippen LogP contribution in [0.2, 0.25) is 0 Å². The molecule has 2 aliphatic heterocycles. The Hall–Kier alpha value is -0.720. The molecule has 3 heterocycles. The molecule has 0 amide bonds. The van der Waals surface area contributed by atoms with E-state index in [9.17, 15) is 0 Å². The zero-order valence-electron chi connectivity index (χ0n) is 11.5. The summed E-state index contributed by atoms with van der Waals surface area (Å²) in [7, 11) is 0. The number of ether oxygens (including phenoxy) is 1. The smallest absolute Gasteiger partial charge is 0.208 e. The molecule has 2 fully saturated rings. The van der Waals surface area contributed by atoms with Crippen LogP contribution in [-0.4, -0.2) is 61.0 Å². The van der Waals surface area contributed by atoms with Gasteiger partial charge in [0, 0.05) is 31.6 Å². The first kappa shape index (κ1) is 13.3. The maximum absolute atomic E-state index is 5.88. The first-order valence-corrected chi connectivity index (χ1v) is 8.00. The Morgan fingerprint density at radius 3 is 3.16 bits per heavy atom. The van der Waals surface area contributed by atoms with Gasteiger partial charge in [0.15, 0.2) is 0 Å². The van der Waals surface area contributed by atoms with Crippen LogP contribution in [0.25, 0.3) is 0 Å². The highest BCUT2D eigenvalue weighted by Crippen LogP contribution is 2.35. The summed E-state index contributed by atoms with van der Waals surface area (Å²) in [5, 5.41) is 9.25. The third kappa shape index (κ3) is 2.90. The van der Waals surface area contributed by atoms with Crippen LogP contribution in [-0.2, 0) is 4.74 Å². The van der Waals surface area contributed by atoms with E-state index in [1.54, 1.807) is 11.3 Å². The molecule has 0 bridgehead atoms. The van der Waals surface area contributed by atoms with Crippen molar-refractivity contribution in [1.82, 2.24) is 15.1 Å². The Labute approximate surface area is 118 Å². The topological polar surface area (TPSA) is 41.5 Å². The molecule has 2 aliphatic rings. The van der Waals surface area contributed by atoms with Crippen LogP contribution < -0.4 is 4.90 Å². The van der Waals surface area contributed by atoms with Gasteiger partial charge < -0.3 is 14.5 Å². The van der Waals surface area contributed by atoms with Gasteiger partial charge in [-0.05, 0) is 19.4 Å². The molecule has 0 saturated carbocycles. The normalized spacial score (nSPS) is 29.6. The first-order valence-electron chi connectivity index (χ1n) is 7.13. The monoisotopic (exact) mass is 282 g/mol. The highest BCUT2D eigenvalue weighted by molar-refractivity contribution is 7.13. The number of piperidine rings is 1. The summed E-state index contributed by atoms with van der Waals surface area (Å²) in [6.07, 6.45) is 2.49. The van der Waals surface area contributed by atoms with Gasteiger partial charge in [0.2, 0.25) is 5.13 Å². The summed E-state index contributed by atoms with van der Waals surface area (Å²) < 4.78 is 5.88. The summed E-state index contributed by atoms with van der Waals surface area (Å²) in [5.74, 6) is 0. The minimum absolute atomic E-state index is 0.274. The van der Waals surface area contributed by atoms with Crippen LogP contribution in [0.5, 0.6) is 0 Å². The molecule has 0 N–H and O–H groups in total. The summed E-state index contributed by atoms with van der Waals surface area (Å²) in [6, 6.07) is 0. The second-order valence-electron chi connectivity index (χ2n) is 5.67. The van der Waals surface area contributed by atoms with Crippen LogP contribution in [0.1, 0.15) is 19.8 Å². The molecule has 19 heavy (non-hydrogen) atoms. The van der Waals surface area contributed by atoms with E-state index < -0.39 is 0 Å². The molecule has 6 heteroatoms. The third-order valence-corrected chi connectivity index (χ3v) is 5.00. The van der Waals surface area contributed by atoms with Gasteiger partial charge in [-0.3, -0.25) is 0 Å². The minimum Gasteiger partial charge on any atom is -0.379 e. The van der Waals surface area contributed by atoms with E-state index >= 15 is 0 Å². The average Bonchev–Trinajstić information content (AvgIpc) is 2.90. The fourth-order valence-corrected chi connectivity index (χ4v) is 3.86. The Kier molecular flexibility index (Phi) is 4.00. The summed E-state index contributed by atoms with van der Waals surface area (Å²) in [6.45, 7) is 9.49. The third-order valence-electron chi connectivity index (χ3n) is 4.25. The molecule has 1 aromatic rings. The summed E-state index contributed by atoms with van der Waals surface area (Å²) >= 11 is 1.64. The molecule has 0 radical (unpaired) electrons. The van der Waals surface area contributed by atoms with Crippen LogP contribution in [0.15, 0.2) is 5.51 Å². The largest absolute Gasteiger partial charge is 0.379 e. The van der Waals surface area contributed by atoms with E-state index in [1.165, 1.54) is 12.8 Å². The number of likely N-dealkylation sites (N-methyl/N-ethyl adjacent to an activating group) is 1. The quantitative estimate of drug-likeness (QED) is 0.822. The second kappa shape index (κ2) is 5.73. The molecule has 5 nitrogen and oxygen atoms in total. The van der Waals surface area contributed by atoms with E-state index in [1.807, 2.05) is 5.51 Å². The van der Waals surface area contributed by atoms with Gasteiger partial charge in [-0.1, -0.05) is 18.3 Å². The second-order valence-corrected chi connectivity index (χ2v) is 6.48. The van der Waals surface area contributed by atoms with E-state index in [-0.39, 0.29) is 5.41 Å². The number of nitrogens with zero attached hydrogens (tertiary/aromatic N) is 4. The maximum Gasteiger partial charge on any atom is 0.208 e. The number of hydrogen-bond donors (Lipinski definition) is 0. The lowest BCUT2D eigenvalue weighted by molar-refractivity contribution is 0.0562. The van der Waals surface area contributed by atoms with Crippen molar-refractivity contribution >= 4 is 16.5 Å². The Morgan fingerprint density at radius 2 is 2.37 bits per heavy atom. The maximum atomic E-state index is 5.88. The molecule has 1 spiro atoms. The molecule has 0 unspecified atom stereocenters. The highest BCUT2D eigenvalue weighted by atomic mass is 32.1. The van der Waals surface area contributed by atoms with Gasteiger partial charge in [0.25, 0.3) is 0 Å². The van der Waals surface area contributed by atoms with E-state index in [2.05, 4.69) is 26.9 Å². The molecule has 0 aliphatic carbocycles. The Morgan fingerprint density at radius 1 is 1.42 bits per heavy atom. The van der Waals surface area contributed by atoms with Crippen molar-refractivity contribution in [3.05, 3.63) is 5.51 Å². The zero-order chi connectivity index (χ0) is 13.1. The SMILES string of the molecule is CCN1CCOC[C@@]2(CCCN(c3nncs3)C2)C1. The van der Waals surface area contributed by atoms with Crippen LogP contribution in [0, 0.1) is 5.41 Å². The van der Waals surface area contributed by atoms with Crippen molar-refractivity contribution in [1.29, 1.82) is 0 Å². The molecule has 1 aromatic heterocycles. The van der Waals surface area contributed by atoms with Gasteiger partial charge in [0.1, 0.15) is 5.51 Å². The van der Waals surface area contributed by atoms with Crippen LogP contribution in [0.3, 0.4) is 0 Å². The highest BCUT2D eigenvalue weighted by Gasteiger charge is 2.39. The van der Waals surface area contributed by atoms with E-state index in [0.717, 1.165) is 51.1 Å². The van der Waals surface area contributed by atoms with E-state index in [0.29, 0.717) is 0 Å². The van der Waals surface area contributed by atoms with Crippen molar-refractivity contribution < 1.29 is 4.74 Å². The van der Waals surface area contributed by atoms with Crippen molar-refractivity contribution in [3.8, 4) is 0 Å². The van der Waals surface area contributed by atoms with Gasteiger partial charge in [-0.25, -0.2) is 0 Å². The molecule has 1 atom stereocenters. The number of rotatable bonds is 2. The van der Waals surface area contributed by atoms with Crippen molar-refractivity contribution in [2.24, 2.45) is 5.41 Å². The molecule has 3 rings (SSSR count). The summed E-state index contributed by atoms with van der Waals surface area (Å²) in [5.41, 5.74) is 2.09. The fourth-order valence-electron chi connectivity index (χ4n) is 3.27. The average molecular weight is 282 g/mol. The first-order chi connectivity index (χ1) is 9.31. The van der Waals surface area contributed by atoms with Gasteiger partial charge in [0.05, 0.1) is 13.2 Å². The number of anilines is 1. The molecular formula is C13H22N4OS. The zero-order valence-corrected chi connectivity index (χ0v) is 12.4. The predicted octanol–water partition coefficient (Wildman–Crippen LogP) is 1.48. The molecule has 0 aromatic carbocycles. The van der Waals surface area contributed by atoms with Gasteiger partial charge in [-0.2, -0.15) is 0 Å². The predicted molar refractivity (Wildman–Crippen MR) is 76.7 cm³/mol. The van der Waals surface area contributed by atoms with Crippen molar-refractivity contribution in [2.75, 3.05) is 50.8 Å². The lowest BCUT2D eigenvalue weighted by Gasteiger charge is -2.43. The van der Waals surface area contributed by atoms with Gasteiger partial charge >= 0.3 is 0 Å². The lowest BCUT2D eigenvalue weighted by Crippen LogP contribution is -2.50. The summed E-state index contributed by atoms with van der Waals surface area (Å²) in [4.78, 5) is 4.92. The van der Waals surface area contributed by atoms with Crippen LogP contribution >= 0.6 is 11.3 Å². The van der Waals surface area contributed by atoms with Crippen LogP contribution in [0.4, 0.5) is 5.13 Å². The van der Waals surface area contributed by atoms with Crippen molar-refractivity contribution in [3.63, 3.8) is 0 Å². The number of hydrogen-bond acceptors (Lipinski definition) is 6. The molecule has 2 saturated heterocycles. The Bertz CT molecular complexity index is 399. The number of aromatic nitrogens is 2. The lowest BCUT2D eigenvalue weighted by atomic mass is 9.80. The molecular weight excluding hydrogens is 260 g/mol. The standard InChI is InChI=1S/C13H22N4OS/c1-2-16-6-7-18-10-13(8-16)4-3-5-17(9-13)12-15-14-11-19-12/h11H,2-10H2,1H3/t13-/m0/s1. The minimum atomic E-state index is 0.274. The fraction of sp³-hybridized carbons (Fsp3) is 0.846. The van der Waals surface area contributed by atoms with Gasteiger partial charge in [-0.15, -0.1) is 10.2 Å². The molecule has 106 valence electrons.